The quantitative estimate of drug-likeness (QED) is 0.293. The molecule has 1 atom stereocenters. The van der Waals surface area contributed by atoms with E-state index in [9.17, 15) is 18.0 Å². The molecule has 0 unspecified atom stereocenters. The van der Waals surface area contributed by atoms with Gasteiger partial charge >= 0.3 is 0 Å². The standard InChI is InChI=1S/C32H41N3O5S/c1-6-30(32(37)33-20-24(2)3)34(21-27-14-10-11-25(4)19-27)31(36)22-35(41(5,38)39)28-15-17-29(18-16-28)40-23-26-12-8-7-9-13-26/h7-19,24,30H,6,20-23H2,1-5H3,(H,33,37)/t30-/m0/s1. The average Bonchev–Trinajstić information content (AvgIpc) is 2.93. The van der Waals surface area contributed by atoms with Gasteiger partial charge in [-0.1, -0.05) is 80.9 Å². The fraction of sp³-hybridized carbons (Fsp3) is 0.375. The van der Waals surface area contributed by atoms with Crippen molar-refractivity contribution in [2.45, 2.75) is 53.3 Å². The molecule has 0 fully saturated rings. The number of hydrogen-bond donors (Lipinski definition) is 1. The Morgan fingerprint density at radius 3 is 2.17 bits per heavy atom. The molecule has 3 aromatic carbocycles. The van der Waals surface area contributed by atoms with Gasteiger partial charge in [0.2, 0.25) is 21.8 Å². The minimum absolute atomic E-state index is 0.179. The molecule has 9 heteroatoms. The Bertz CT molecular complexity index is 1390. The SMILES string of the molecule is CC[C@@H](C(=O)NCC(C)C)N(Cc1cccc(C)c1)C(=O)CN(c1ccc(OCc2ccccc2)cc1)S(C)(=O)=O. The third kappa shape index (κ3) is 9.63. The molecule has 0 aromatic heterocycles. The molecule has 0 heterocycles. The molecule has 0 spiro atoms. The van der Waals surface area contributed by atoms with Gasteiger partial charge in [-0.3, -0.25) is 13.9 Å². The van der Waals surface area contributed by atoms with Crippen molar-refractivity contribution in [1.82, 2.24) is 10.2 Å². The van der Waals surface area contributed by atoms with Crippen LogP contribution in [0.4, 0.5) is 5.69 Å². The van der Waals surface area contributed by atoms with Crippen molar-refractivity contribution in [1.29, 1.82) is 0 Å². The minimum Gasteiger partial charge on any atom is -0.489 e. The summed E-state index contributed by atoms with van der Waals surface area (Å²) in [6, 6.07) is 23.3. The van der Waals surface area contributed by atoms with Gasteiger partial charge < -0.3 is 15.0 Å². The smallest absolute Gasteiger partial charge is 0.244 e. The lowest BCUT2D eigenvalue weighted by Gasteiger charge is -2.33. The summed E-state index contributed by atoms with van der Waals surface area (Å²) in [6.45, 7) is 8.40. The first-order valence-electron chi connectivity index (χ1n) is 13.8. The molecule has 0 radical (unpaired) electrons. The molecular formula is C32H41N3O5S. The van der Waals surface area contributed by atoms with Crippen molar-refractivity contribution in [3.05, 3.63) is 95.6 Å². The summed E-state index contributed by atoms with van der Waals surface area (Å²) in [5.74, 6) is 0.102. The first kappa shape index (κ1) is 31.7. The molecular weight excluding hydrogens is 538 g/mol. The van der Waals surface area contributed by atoms with Gasteiger partial charge in [-0.15, -0.1) is 0 Å². The summed E-state index contributed by atoms with van der Waals surface area (Å²) >= 11 is 0. The van der Waals surface area contributed by atoms with Gasteiger partial charge in [0.1, 0.15) is 24.9 Å². The second kappa shape index (κ2) is 14.7. The van der Waals surface area contributed by atoms with Crippen LogP contribution in [0.15, 0.2) is 78.9 Å². The zero-order valence-corrected chi connectivity index (χ0v) is 25.4. The van der Waals surface area contributed by atoms with Gasteiger partial charge in [0.25, 0.3) is 0 Å². The highest BCUT2D eigenvalue weighted by Gasteiger charge is 2.31. The number of carbonyl (C=O) groups is 2. The number of aryl methyl sites for hydroxylation is 1. The van der Waals surface area contributed by atoms with Gasteiger partial charge in [0.05, 0.1) is 11.9 Å². The molecule has 0 aliphatic heterocycles. The summed E-state index contributed by atoms with van der Waals surface area (Å²) < 4.78 is 32.7. The van der Waals surface area contributed by atoms with E-state index in [1.165, 1.54) is 4.90 Å². The summed E-state index contributed by atoms with van der Waals surface area (Å²) in [7, 11) is -3.82. The van der Waals surface area contributed by atoms with Crippen LogP contribution in [0.2, 0.25) is 0 Å². The molecule has 220 valence electrons. The highest BCUT2D eigenvalue weighted by molar-refractivity contribution is 7.92. The van der Waals surface area contributed by atoms with E-state index in [0.29, 0.717) is 31.0 Å². The van der Waals surface area contributed by atoms with Crippen molar-refractivity contribution >= 4 is 27.5 Å². The van der Waals surface area contributed by atoms with Gasteiger partial charge in [0, 0.05) is 13.1 Å². The second-order valence-electron chi connectivity index (χ2n) is 10.6. The summed E-state index contributed by atoms with van der Waals surface area (Å²) in [5, 5.41) is 2.93. The van der Waals surface area contributed by atoms with E-state index in [1.54, 1.807) is 24.3 Å². The van der Waals surface area contributed by atoms with Gasteiger partial charge in [-0.05, 0) is 54.7 Å². The van der Waals surface area contributed by atoms with Crippen molar-refractivity contribution in [3.8, 4) is 5.75 Å². The van der Waals surface area contributed by atoms with Gasteiger partial charge in [0.15, 0.2) is 0 Å². The first-order valence-corrected chi connectivity index (χ1v) is 15.7. The van der Waals surface area contributed by atoms with Crippen LogP contribution < -0.4 is 14.4 Å². The summed E-state index contributed by atoms with van der Waals surface area (Å²) in [6.07, 6.45) is 1.45. The third-order valence-corrected chi connectivity index (χ3v) is 7.70. The third-order valence-electron chi connectivity index (χ3n) is 6.56. The first-order chi connectivity index (χ1) is 19.5. The van der Waals surface area contributed by atoms with Crippen LogP contribution in [0.25, 0.3) is 0 Å². The predicted octanol–water partition coefficient (Wildman–Crippen LogP) is 4.92. The van der Waals surface area contributed by atoms with Crippen LogP contribution in [0.3, 0.4) is 0 Å². The highest BCUT2D eigenvalue weighted by atomic mass is 32.2. The predicted molar refractivity (Wildman–Crippen MR) is 163 cm³/mol. The molecule has 0 saturated heterocycles. The molecule has 0 aliphatic carbocycles. The molecule has 3 aromatic rings. The lowest BCUT2D eigenvalue weighted by molar-refractivity contribution is -0.140. The van der Waals surface area contributed by atoms with Crippen molar-refractivity contribution in [3.63, 3.8) is 0 Å². The van der Waals surface area contributed by atoms with Crippen LogP contribution in [0, 0.1) is 12.8 Å². The molecule has 8 nitrogen and oxygen atoms in total. The number of benzene rings is 3. The number of nitrogens with zero attached hydrogens (tertiary/aromatic N) is 2. The van der Waals surface area contributed by atoms with Crippen molar-refractivity contribution in [2.75, 3.05) is 23.7 Å². The number of ether oxygens (including phenoxy) is 1. The van der Waals surface area contributed by atoms with E-state index in [2.05, 4.69) is 5.32 Å². The zero-order valence-electron chi connectivity index (χ0n) is 24.5. The van der Waals surface area contributed by atoms with Gasteiger partial charge in [-0.25, -0.2) is 8.42 Å². The van der Waals surface area contributed by atoms with Crippen LogP contribution >= 0.6 is 0 Å². The highest BCUT2D eigenvalue weighted by Crippen LogP contribution is 2.23. The van der Waals surface area contributed by atoms with Crippen molar-refractivity contribution in [2.24, 2.45) is 5.92 Å². The Morgan fingerprint density at radius 2 is 1.59 bits per heavy atom. The molecule has 3 rings (SSSR count). The van der Waals surface area contributed by atoms with Crippen LogP contribution in [-0.4, -0.2) is 50.5 Å². The Labute approximate surface area is 244 Å². The van der Waals surface area contributed by atoms with Crippen LogP contribution in [0.1, 0.15) is 43.9 Å². The number of amides is 2. The minimum atomic E-state index is -3.82. The number of sulfonamides is 1. The Hall–Kier alpha value is -3.85. The monoisotopic (exact) mass is 579 g/mol. The Balaban J connectivity index is 1.85. The maximum Gasteiger partial charge on any atom is 0.244 e. The Kier molecular flexibility index (Phi) is 11.3. The van der Waals surface area contributed by atoms with E-state index < -0.39 is 28.5 Å². The van der Waals surface area contributed by atoms with E-state index in [0.717, 1.165) is 27.3 Å². The Morgan fingerprint density at radius 1 is 0.927 bits per heavy atom. The zero-order chi connectivity index (χ0) is 30.0. The molecule has 41 heavy (non-hydrogen) atoms. The van der Waals surface area contributed by atoms with E-state index in [-0.39, 0.29) is 18.4 Å². The topological polar surface area (TPSA) is 96.0 Å². The molecule has 0 aliphatic rings. The van der Waals surface area contributed by atoms with E-state index >= 15 is 0 Å². The second-order valence-corrected chi connectivity index (χ2v) is 12.5. The lowest BCUT2D eigenvalue weighted by atomic mass is 10.1. The normalized spacial score (nSPS) is 12.0. The number of nitrogens with one attached hydrogen (secondary N) is 1. The maximum absolute atomic E-state index is 13.8. The fourth-order valence-electron chi connectivity index (χ4n) is 4.41. The molecule has 0 saturated carbocycles. The largest absolute Gasteiger partial charge is 0.489 e. The molecule has 2 amide bonds. The maximum atomic E-state index is 13.8. The fourth-order valence-corrected chi connectivity index (χ4v) is 5.26. The van der Waals surface area contributed by atoms with Crippen LogP contribution in [-0.2, 0) is 32.8 Å². The van der Waals surface area contributed by atoms with E-state index in [4.69, 9.17) is 4.74 Å². The number of carbonyl (C=O) groups excluding carboxylic acids is 2. The van der Waals surface area contributed by atoms with Gasteiger partial charge in [-0.2, -0.15) is 0 Å². The van der Waals surface area contributed by atoms with Crippen LogP contribution in [0.5, 0.6) is 5.75 Å². The van der Waals surface area contributed by atoms with E-state index in [1.807, 2.05) is 82.3 Å². The number of anilines is 1. The number of rotatable bonds is 14. The van der Waals surface area contributed by atoms with Crippen molar-refractivity contribution < 1.29 is 22.7 Å². The molecule has 0 bridgehead atoms. The number of hydrogen-bond acceptors (Lipinski definition) is 5. The lowest BCUT2D eigenvalue weighted by Crippen LogP contribution is -2.52. The summed E-state index contributed by atoms with van der Waals surface area (Å²) in [5.41, 5.74) is 3.23. The average molecular weight is 580 g/mol. The molecule has 1 N–H and O–H groups in total. The summed E-state index contributed by atoms with van der Waals surface area (Å²) in [4.78, 5) is 28.5.